The molecule has 1 aromatic heterocycles. The standard InChI is InChI=1S/C24H33N5O6S/c1-33-12-11-29(24(32)21-18(25)19(22(26)30)28-36-21)20(23(31)27-15-7-5-4-6-8-15)14-9-10-16(34-2)17(13-14)35-3/h9-10,13,15,20H,4-8,11-12,25H2,1-3H3,(H2,26,30)(H,27,31). The number of primary amides is 1. The first kappa shape index (κ1) is 27.2. The van der Waals surface area contributed by atoms with E-state index < -0.39 is 17.9 Å². The van der Waals surface area contributed by atoms with Gasteiger partial charge in [-0.3, -0.25) is 14.4 Å². The summed E-state index contributed by atoms with van der Waals surface area (Å²) < 4.78 is 20.0. The van der Waals surface area contributed by atoms with E-state index in [1.807, 2.05) is 0 Å². The van der Waals surface area contributed by atoms with Crippen LogP contribution < -0.4 is 26.3 Å². The average Bonchev–Trinajstić information content (AvgIpc) is 3.27. The molecule has 1 fully saturated rings. The van der Waals surface area contributed by atoms with Gasteiger partial charge in [-0.2, -0.15) is 4.37 Å². The molecule has 0 aliphatic heterocycles. The molecule has 1 aliphatic carbocycles. The summed E-state index contributed by atoms with van der Waals surface area (Å²) in [4.78, 5) is 40.6. The Morgan fingerprint density at radius 1 is 1.14 bits per heavy atom. The Hall–Kier alpha value is -3.38. The molecule has 0 bridgehead atoms. The number of hydrogen-bond acceptors (Lipinski definition) is 9. The maximum absolute atomic E-state index is 13.8. The molecule has 1 aromatic carbocycles. The predicted octanol–water partition coefficient (Wildman–Crippen LogP) is 2.12. The fourth-order valence-corrected chi connectivity index (χ4v) is 5.08. The molecule has 2 aromatic rings. The quantitative estimate of drug-likeness (QED) is 0.407. The zero-order valence-corrected chi connectivity index (χ0v) is 21.6. The van der Waals surface area contributed by atoms with Gasteiger partial charge < -0.3 is 35.9 Å². The molecule has 1 heterocycles. The van der Waals surface area contributed by atoms with Gasteiger partial charge in [0, 0.05) is 19.7 Å². The molecule has 3 rings (SSSR count). The normalized spacial score (nSPS) is 14.6. The van der Waals surface area contributed by atoms with Crippen molar-refractivity contribution in [3.8, 4) is 11.5 Å². The Balaban J connectivity index is 2.07. The van der Waals surface area contributed by atoms with Crippen molar-refractivity contribution in [2.75, 3.05) is 40.2 Å². The Morgan fingerprint density at radius 3 is 2.42 bits per heavy atom. The topological polar surface area (TPSA) is 159 Å². The van der Waals surface area contributed by atoms with Gasteiger partial charge in [-0.1, -0.05) is 25.3 Å². The van der Waals surface area contributed by atoms with Crippen LogP contribution in [0.4, 0.5) is 5.69 Å². The fraction of sp³-hybridized carbons (Fsp3) is 0.500. The number of rotatable bonds is 11. The van der Waals surface area contributed by atoms with Crippen molar-refractivity contribution in [1.29, 1.82) is 0 Å². The zero-order chi connectivity index (χ0) is 26.2. The molecule has 5 N–H and O–H groups in total. The molecule has 11 nitrogen and oxygen atoms in total. The molecule has 36 heavy (non-hydrogen) atoms. The van der Waals surface area contributed by atoms with Crippen LogP contribution in [-0.4, -0.2) is 67.5 Å². The maximum atomic E-state index is 13.8. The molecular formula is C24H33N5O6S. The van der Waals surface area contributed by atoms with Gasteiger partial charge in [-0.15, -0.1) is 0 Å². The lowest BCUT2D eigenvalue weighted by Gasteiger charge is -2.33. The number of nitrogens with one attached hydrogen (secondary N) is 1. The van der Waals surface area contributed by atoms with Crippen molar-refractivity contribution in [2.24, 2.45) is 5.73 Å². The molecule has 1 saturated carbocycles. The van der Waals surface area contributed by atoms with Gasteiger partial charge in [-0.05, 0) is 42.1 Å². The second-order valence-electron chi connectivity index (χ2n) is 8.49. The number of nitrogens with two attached hydrogens (primary N) is 2. The molecule has 0 spiro atoms. The highest BCUT2D eigenvalue weighted by molar-refractivity contribution is 7.09. The summed E-state index contributed by atoms with van der Waals surface area (Å²) in [5, 5.41) is 3.12. The number of carbonyl (C=O) groups excluding carboxylic acids is 3. The summed E-state index contributed by atoms with van der Waals surface area (Å²) in [6.45, 7) is 0.239. The van der Waals surface area contributed by atoms with E-state index in [1.54, 1.807) is 18.2 Å². The van der Waals surface area contributed by atoms with Crippen LogP contribution in [0.1, 0.15) is 63.9 Å². The van der Waals surface area contributed by atoms with Crippen molar-refractivity contribution < 1.29 is 28.6 Å². The fourth-order valence-electron chi connectivity index (χ4n) is 4.32. The van der Waals surface area contributed by atoms with E-state index in [-0.39, 0.29) is 41.4 Å². The van der Waals surface area contributed by atoms with Crippen LogP contribution in [0.2, 0.25) is 0 Å². The van der Waals surface area contributed by atoms with E-state index in [0.717, 1.165) is 43.6 Å². The summed E-state index contributed by atoms with van der Waals surface area (Å²) in [5.74, 6) is -0.833. The predicted molar refractivity (Wildman–Crippen MR) is 135 cm³/mol. The summed E-state index contributed by atoms with van der Waals surface area (Å²) >= 11 is 0.764. The Morgan fingerprint density at radius 2 is 1.83 bits per heavy atom. The molecule has 196 valence electrons. The summed E-state index contributed by atoms with van der Waals surface area (Å²) in [6.07, 6.45) is 4.95. The molecule has 0 saturated heterocycles. The lowest BCUT2D eigenvalue weighted by Crippen LogP contribution is -2.48. The van der Waals surface area contributed by atoms with E-state index in [2.05, 4.69) is 9.69 Å². The van der Waals surface area contributed by atoms with Crippen molar-refractivity contribution in [3.63, 3.8) is 0 Å². The van der Waals surface area contributed by atoms with Crippen LogP contribution in [0.25, 0.3) is 0 Å². The minimum atomic E-state index is -1.03. The molecule has 1 unspecified atom stereocenters. The number of ether oxygens (including phenoxy) is 3. The van der Waals surface area contributed by atoms with E-state index in [1.165, 1.54) is 26.2 Å². The van der Waals surface area contributed by atoms with Crippen LogP contribution >= 0.6 is 11.5 Å². The molecule has 1 aliphatic rings. The minimum absolute atomic E-state index is 0.0169. The number of benzene rings is 1. The van der Waals surface area contributed by atoms with E-state index >= 15 is 0 Å². The Bertz CT molecular complexity index is 1080. The molecular weight excluding hydrogens is 486 g/mol. The number of carbonyl (C=O) groups is 3. The largest absolute Gasteiger partial charge is 0.493 e. The lowest BCUT2D eigenvalue weighted by atomic mass is 9.94. The first-order chi connectivity index (χ1) is 17.3. The van der Waals surface area contributed by atoms with Crippen LogP contribution in [-0.2, 0) is 9.53 Å². The van der Waals surface area contributed by atoms with Gasteiger partial charge in [0.1, 0.15) is 10.9 Å². The SMILES string of the molecule is COCCN(C(=O)c1snc(C(N)=O)c1N)C(C(=O)NC1CCCCC1)c1ccc(OC)c(OC)c1. The number of nitrogens with zero attached hydrogens (tertiary/aromatic N) is 2. The van der Waals surface area contributed by atoms with Crippen molar-refractivity contribution in [3.05, 3.63) is 34.3 Å². The molecule has 0 radical (unpaired) electrons. The number of aromatic nitrogens is 1. The van der Waals surface area contributed by atoms with E-state index in [0.29, 0.717) is 17.1 Å². The number of hydrogen-bond donors (Lipinski definition) is 3. The number of amides is 3. The zero-order valence-electron chi connectivity index (χ0n) is 20.7. The third-order valence-electron chi connectivity index (χ3n) is 6.19. The molecule has 12 heteroatoms. The average molecular weight is 520 g/mol. The van der Waals surface area contributed by atoms with Crippen LogP contribution in [0.5, 0.6) is 11.5 Å². The van der Waals surface area contributed by atoms with E-state index in [4.69, 9.17) is 25.7 Å². The van der Waals surface area contributed by atoms with Crippen molar-refractivity contribution in [1.82, 2.24) is 14.6 Å². The Labute approximate surface area is 214 Å². The van der Waals surface area contributed by atoms with Crippen LogP contribution in [0.15, 0.2) is 18.2 Å². The highest BCUT2D eigenvalue weighted by atomic mass is 32.1. The minimum Gasteiger partial charge on any atom is -0.493 e. The van der Waals surface area contributed by atoms with Gasteiger partial charge in [0.15, 0.2) is 17.2 Å². The van der Waals surface area contributed by atoms with Gasteiger partial charge in [0.05, 0.1) is 26.5 Å². The third-order valence-corrected chi connectivity index (χ3v) is 7.04. The highest BCUT2D eigenvalue weighted by Crippen LogP contribution is 2.34. The van der Waals surface area contributed by atoms with Crippen molar-refractivity contribution >= 4 is 34.9 Å². The van der Waals surface area contributed by atoms with Gasteiger partial charge >= 0.3 is 0 Å². The summed E-state index contributed by atoms with van der Waals surface area (Å²) in [6, 6.07) is 4.04. The second kappa shape index (κ2) is 12.5. The first-order valence-electron chi connectivity index (χ1n) is 11.7. The first-order valence-corrected chi connectivity index (χ1v) is 12.5. The smallest absolute Gasteiger partial charge is 0.270 e. The number of anilines is 1. The van der Waals surface area contributed by atoms with Crippen LogP contribution in [0.3, 0.4) is 0 Å². The number of nitrogen functional groups attached to an aromatic ring is 1. The maximum Gasteiger partial charge on any atom is 0.270 e. The van der Waals surface area contributed by atoms with Gasteiger partial charge in [0.2, 0.25) is 5.91 Å². The Kier molecular flexibility index (Phi) is 9.48. The summed E-state index contributed by atoms with van der Waals surface area (Å²) in [5.41, 5.74) is 11.6. The second-order valence-corrected chi connectivity index (χ2v) is 9.26. The van der Waals surface area contributed by atoms with Crippen molar-refractivity contribution in [2.45, 2.75) is 44.2 Å². The summed E-state index contributed by atoms with van der Waals surface area (Å²) in [7, 11) is 4.51. The third kappa shape index (κ3) is 6.05. The van der Waals surface area contributed by atoms with Gasteiger partial charge in [0.25, 0.3) is 11.8 Å². The van der Waals surface area contributed by atoms with E-state index in [9.17, 15) is 14.4 Å². The van der Waals surface area contributed by atoms with Crippen LogP contribution in [0, 0.1) is 0 Å². The lowest BCUT2D eigenvalue weighted by molar-refractivity contribution is -0.127. The molecule has 3 amide bonds. The monoisotopic (exact) mass is 519 g/mol. The highest BCUT2D eigenvalue weighted by Gasteiger charge is 2.36. The van der Waals surface area contributed by atoms with Gasteiger partial charge in [-0.25, -0.2) is 0 Å². The number of methoxy groups -OCH3 is 3. The molecule has 1 atom stereocenters.